The predicted molar refractivity (Wildman–Crippen MR) is 101 cm³/mol. The maximum atomic E-state index is 12.3. The minimum Gasteiger partial charge on any atom is -0.497 e. The summed E-state index contributed by atoms with van der Waals surface area (Å²) in [4.78, 5) is 14.3. The van der Waals surface area contributed by atoms with Crippen LogP contribution in [-0.2, 0) is 16.6 Å². The zero-order valence-corrected chi connectivity index (χ0v) is 16.5. The number of methoxy groups -OCH3 is 1. The molecule has 1 aromatic carbocycles. The number of rotatable bonds is 7. The summed E-state index contributed by atoms with van der Waals surface area (Å²) in [7, 11) is 2.20. The Morgan fingerprint density at radius 2 is 1.92 bits per heavy atom. The maximum absolute atomic E-state index is 12.3. The molecule has 1 aromatic rings. The van der Waals surface area contributed by atoms with Crippen molar-refractivity contribution in [2.24, 2.45) is 5.92 Å². The average Bonchev–Trinajstić information content (AvgIpc) is 2.95. The van der Waals surface area contributed by atoms with E-state index in [0.29, 0.717) is 26.2 Å². The lowest BCUT2D eigenvalue weighted by atomic mass is 10.0. The minimum absolute atomic E-state index is 0.0476. The fourth-order valence-electron chi connectivity index (χ4n) is 3.07. The van der Waals surface area contributed by atoms with Gasteiger partial charge < -0.3 is 20.3 Å². The zero-order valence-electron chi connectivity index (χ0n) is 15.7. The molecular weight excluding hydrogens is 356 g/mol. The van der Waals surface area contributed by atoms with Gasteiger partial charge in [-0.3, -0.25) is 0 Å². The molecule has 0 aromatic heterocycles. The molecular formula is C17H28N4O4S. The topological polar surface area (TPSA) is 91.0 Å². The van der Waals surface area contributed by atoms with Gasteiger partial charge in [-0.05, 0) is 31.8 Å². The standard InChI is InChI=1S/C17H28N4O4S/c1-20(2)10-14-11-21(26(4,23)24)12-16(14)19-17(22)18-9-13-5-7-15(25-3)8-6-13/h5-8,14,16H,9-12H2,1-4H3,(H2,18,19,22)/t14-,16-/m1/s1. The van der Waals surface area contributed by atoms with E-state index in [1.165, 1.54) is 10.6 Å². The first-order valence-corrected chi connectivity index (χ1v) is 10.3. The average molecular weight is 385 g/mol. The number of ether oxygens (including phenoxy) is 1. The summed E-state index contributed by atoms with van der Waals surface area (Å²) in [6.07, 6.45) is 1.20. The number of nitrogens with zero attached hydrogens (tertiary/aromatic N) is 2. The third kappa shape index (κ3) is 5.86. The van der Waals surface area contributed by atoms with Crippen LogP contribution in [0.25, 0.3) is 0 Å². The number of amides is 2. The van der Waals surface area contributed by atoms with Crippen LogP contribution >= 0.6 is 0 Å². The summed E-state index contributed by atoms with van der Waals surface area (Å²) in [5.41, 5.74) is 0.954. The Morgan fingerprint density at radius 1 is 1.27 bits per heavy atom. The molecule has 0 saturated carbocycles. The molecule has 1 heterocycles. The summed E-state index contributed by atoms with van der Waals surface area (Å²) >= 11 is 0. The van der Waals surface area contributed by atoms with Crippen molar-refractivity contribution in [1.29, 1.82) is 0 Å². The maximum Gasteiger partial charge on any atom is 0.315 e. The highest BCUT2D eigenvalue weighted by atomic mass is 32.2. The van der Waals surface area contributed by atoms with Gasteiger partial charge in [-0.25, -0.2) is 13.2 Å². The van der Waals surface area contributed by atoms with Crippen molar-refractivity contribution in [3.8, 4) is 5.75 Å². The molecule has 2 N–H and O–H groups in total. The molecule has 0 unspecified atom stereocenters. The van der Waals surface area contributed by atoms with Crippen molar-refractivity contribution < 1.29 is 17.9 Å². The van der Waals surface area contributed by atoms with Crippen molar-refractivity contribution >= 4 is 16.1 Å². The molecule has 2 amide bonds. The summed E-state index contributed by atoms with van der Waals surface area (Å²) in [5, 5.41) is 5.74. The fraction of sp³-hybridized carbons (Fsp3) is 0.588. The molecule has 0 radical (unpaired) electrons. The van der Waals surface area contributed by atoms with Gasteiger partial charge in [0.15, 0.2) is 0 Å². The second-order valence-corrected chi connectivity index (χ2v) is 8.87. The van der Waals surface area contributed by atoms with E-state index in [1.807, 2.05) is 43.3 Å². The Morgan fingerprint density at radius 3 is 2.46 bits per heavy atom. The van der Waals surface area contributed by atoms with Gasteiger partial charge in [0.1, 0.15) is 5.75 Å². The van der Waals surface area contributed by atoms with Crippen LogP contribution in [0.15, 0.2) is 24.3 Å². The van der Waals surface area contributed by atoms with Gasteiger partial charge in [0.2, 0.25) is 10.0 Å². The fourth-order valence-corrected chi connectivity index (χ4v) is 3.96. The largest absolute Gasteiger partial charge is 0.497 e. The third-order valence-electron chi connectivity index (χ3n) is 4.40. The van der Waals surface area contributed by atoms with E-state index in [-0.39, 0.29) is 18.0 Å². The Labute approximate surface area is 155 Å². The first kappa shape index (κ1) is 20.5. The van der Waals surface area contributed by atoms with Gasteiger partial charge in [0, 0.05) is 38.1 Å². The Balaban J connectivity index is 1.92. The SMILES string of the molecule is COc1ccc(CNC(=O)N[C@@H]2CN(S(C)(=O)=O)C[C@H]2CN(C)C)cc1. The monoisotopic (exact) mass is 384 g/mol. The molecule has 0 spiro atoms. The van der Waals surface area contributed by atoms with Gasteiger partial charge in [0.25, 0.3) is 0 Å². The number of benzene rings is 1. The van der Waals surface area contributed by atoms with Crippen LogP contribution in [0.4, 0.5) is 4.79 Å². The summed E-state index contributed by atoms with van der Waals surface area (Å²) in [6.45, 7) is 1.81. The van der Waals surface area contributed by atoms with Crippen molar-refractivity contribution in [1.82, 2.24) is 19.8 Å². The summed E-state index contributed by atoms with van der Waals surface area (Å²) < 4.78 is 30.2. The second kappa shape index (κ2) is 8.70. The second-order valence-electron chi connectivity index (χ2n) is 6.88. The van der Waals surface area contributed by atoms with Gasteiger partial charge >= 0.3 is 6.03 Å². The molecule has 8 nitrogen and oxygen atoms in total. The molecule has 0 bridgehead atoms. The van der Waals surface area contributed by atoms with Crippen LogP contribution in [-0.4, -0.2) is 76.8 Å². The van der Waals surface area contributed by atoms with E-state index < -0.39 is 10.0 Å². The number of hydrogen-bond acceptors (Lipinski definition) is 5. The van der Waals surface area contributed by atoms with Crippen molar-refractivity contribution in [3.63, 3.8) is 0 Å². The minimum atomic E-state index is -3.27. The highest BCUT2D eigenvalue weighted by Gasteiger charge is 2.37. The number of hydrogen-bond donors (Lipinski definition) is 2. The molecule has 26 heavy (non-hydrogen) atoms. The van der Waals surface area contributed by atoms with Gasteiger partial charge in [-0.2, -0.15) is 4.31 Å². The molecule has 1 aliphatic rings. The predicted octanol–water partition coefficient (Wildman–Crippen LogP) is 0.316. The lowest BCUT2D eigenvalue weighted by Gasteiger charge is -2.23. The van der Waals surface area contributed by atoms with Gasteiger partial charge in [-0.15, -0.1) is 0 Å². The number of carbonyl (C=O) groups excluding carboxylic acids is 1. The zero-order chi connectivity index (χ0) is 19.3. The smallest absolute Gasteiger partial charge is 0.315 e. The van der Waals surface area contributed by atoms with E-state index in [1.54, 1.807) is 7.11 Å². The molecule has 146 valence electrons. The van der Waals surface area contributed by atoms with E-state index in [4.69, 9.17) is 4.74 Å². The molecule has 0 aliphatic carbocycles. The lowest BCUT2D eigenvalue weighted by Crippen LogP contribution is -2.47. The van der Waals surface area contributed by atoms with Crippen LogP contribution in [0.3, 0.4) is 0 Å². The molecule has 1 saturated heterocycles. The number of urea groups is 1. The number of sulfonamides is 1. The highest BCUT2D eigenvalue weighted by Crippen LogP contribution is 2.20. The van der Waals surface area contributed by atoms with Crippen molar-refractivity contribution in [3.05, 3.63) is 29.8 Å². The van der Waals surface area contributed by atoms with Crippen LogP contribution in [0.1, 0.15) is 5.56 Å². The molecule has 2 rings (SSSR count). The van der Waals surface area contributed by atoms with Crippen LogP contribution in [0.2, 0.25) is 0 Å². The summed E-state index contributed by atoms with van der Waals surface area (Å²) in [6, 6.07) is 6.92. The molecule has 1 aliphatic heterocycles. The van der Waals surface area contributed by atoms with Crippen LogP contribution in [0, 0.1) is 5.92 Å². The Bertz CT molecular complexity index is 706. The third-order valence-corrected chi connectivity index (χ3v) is 5.64. The van der Waals surface area contributed by atoms with Crippen LogP contribution < -0.4 is 15.4 Å². The van der Waals surface area contributed by atoms with E-state index in [0.717, 1.165) is 11.3 Å². The molecule has 2 atom stereocenters. The van der Waals surface area contributed by atoms with E-state index >= 15 is 0 Å². The normalized spacial score (nSPS) is 21.0. The quantitative estimate of drug-likeness (QED) is 0.706. The van der Waals surface area contributed by atoms with Crippen LogP contribution in [0.5, 0.6) is 5.75 Å². The van der Waals surface area contributed by atoms with Gasteiger partial charge in [0.05, 0.1) is 13.4 Å². The first-order valence-electron chi connectivity index (χ1n) is 8.46. The number of carbonyl (C=O) groups is 1. The lowest BCUT2D eigenvalue weighted by molar-refractivity contribution is 0.230. The molecule has 1 fully saturated rings. The van der Waals surface area contributed by atoms with Gasteiger partial charge in [-0.1, -0.05) is 12.1 Å². The van der Waals surface area contributed by atoms with E-state index in [2.05, 4.69) is 10.6 Å². The van der Waals surface area contributed by atoms with Crippen molar-refractivity contribution in [2.75, 3.05) is 47.1 Å². The Hall–Kier alpha value is -1.84. The first-order chi connectivity index (χ1) is 12.2. The number of nitrogens with one attached hydrogen (secondary N) is 2. The Kier molecular flexibility index (Phi) is 6.85. The molecule has 9 heteroatoms. The highest BCUT2D eigenvalue weighted by molar-refractivity contribution is 7.88. The van der Waals surface area contributed by atoms with Crippen molar-refractivity contribution in [2.45, 2.75) is 12.6 Å². The summed E-state index contributed by atoms with van der Waals surface area (Å²) in [5.74, 6) is 0.808. The van der Waals surface area contributed by atoms with E-state index in [9.17, 15) is 13.2 Å².